The number of nitrogens with one attached hydrogen (secondary N) is 1. The lowest BCUT2D eigenvalue weighted by Gasteiger charge is -2.29. The van der Waals surface area contributed by atoms with E-state index in [1.807, 2.05) is 48.5 Å². The number of aliphatic imine (C=N–C) groups is 1. The highest BCUT2D eigenvalue weighted by atomic mass is 32.2. The van der Waals surface area contributed by atoms with E-state index in [2.05, 4.69) is 41.5 Å². The van der Waals surface area contributed by atoms with E-state index >= 15 is 0 Å². The van der Waals surface area contributed by atoms with Crippen LogP contribution in [0.1, 0.15) is 16.7 Å². The molecule has 0 aromatic heterocycles. The number of benzene rings is 3. The Hall–Kier alpha value is -3.11. The maximum Gasteiger partial charge on any atom is 0.264 e. The summed E-state index contributed by atoms with van der Waals surface area (Å²) in [5.41, 5.74) is 7.81. The zero-order valence-corrected chi connectivity index (χ0v) is 15.5. The van der Waals surface area contributed by atoms with Gasteiger partial charge in [-0.15, -0.1) is 0 Å². The number of carbonyl (C=O) groups excluding carboxylic acids is 1. The SMILES string of the molecule is Cc1c2ccc(-c3ccccc3)c1/C2=C1\SC(=Nc2ccccc2)NC1=O. The summed E-state index contributed by atoms with van der Waals surface area (Å²) >= 11 is 1.42. The van der Waals surface area contributed by atoms with Gasteiger partial charge in [0.1, 0.15) is 0 Å². The summed E-state index contributed by atoms with van der Waals surface area (Å²) < 4.78 is 0. The quantitative estimate of drug-likeness (QED) is 0.489. The van der Waals surface area contributed by atoms with Gasteiger partial charge in [-0.2, -0.15) is 0 Å². The molecule has 1 saturated heterocycles. The predicted molar refractivity (Wildman–Crippen MR) is 112 cm³/mol. The Morgan fingerprint density at radius 3 is 2.22 bits per heavy atom. The van der Waals surface area contributed by atoms with Crippen LogP contribution in [0.5, 0.6) is 0 Å². The highest BCUT2D eigenvalue weighted by Gasteiger charge is 2.35. The summed E-state index contributed by atoms with van der Waals surface area (Å²) in [5.74, 6) is -0.0742. The van der Waals surface area contributed by atoms with Crippen LogP contribution < -0.4 is 5.32 Å². The topological polar surface area (TPSA) is 41.5 Å². The summed E-state index contributed by atoms with van der Waals surface area (Å²) in [5, 5.41) is 3.53. The number of para-hydroxylation sites is 1. The molecule has 2 aliphatic rings. The van der Waals surface area contributed by atoms with E-state index in [1.54, 1.807) is 0 Å². The standard InChI is InChI=1S/C23H16N2OS/c1-14-17-12-13-18(15-8-4-2-5-9-15)19(14)20(17)21-22(26)25-23(27-21)24-16-10-6-3-7-11-16/h2-13H,1H3,(H,24,25,26)/b21-20-. The number of nitrogens with zero attached hydrogens (tertiary/aromatic N) is 1. The Morgan fingerprint density at radius 2 is 1.52 bits per heavy atom. The van der Waals surface area contributed by atoms with Crippen molar-refractivity contribution in [1.29, 1.82) is 0 Å². The molecule has 1 aliphatic heterocycles. The molecule has 3 nitrogen and oxygen atoms in total. The van der Waals surface area contributed by atoms with Crippen LogP contribution >= 0.6 is 11.8 Å². The van der Waals surface area contributed by atoms with Gasteiger partial charge >= 0.3 is 0 Å². The van der Waals surface area contributed by atoms with Gasteiger partial charge in [-0.3, -0.25) is 4.79 Å². The fourth-order valence-corrected chi connectivity index (χ4v) is 4.57. The highest BCUT2D eigenvalue weighted by molar-refractivity contribution is 8.18. The lowest BCUT2D eigenvalue weighted by atomic mass is 9.75. The lowest BCUT2D eigenvalue weighted by molar-refractivity contribution is -0.115. The van der Waals surface area contributed by atoms with E-state index in [1.165, 1.54) is 34.0 Å². The van der Waals surface area contributed by atoms with E-state index in [4.69, 9.17) is 0 Å². The molecule has 27 heavy (non-hydrogen) atoms. The van der Waals surface area contributed by atoms with Gasteiger partial charge in [0.15, 0.2) is 5.17 Å². The van der Waals surface area contributed by atoms with Crippen LogP contribution in [0.3, 0.4) is 0 Å². The summed E-state index contributed by atoms with van der Waals surface area (Å²) in [6, 6.07) is 24.2. The maximum absolute atomic E-state index is 12.7. The van der Waals surface area contributed by atoms with Crippen molar-refractivity contribution in [3.63, 3.8) is 0 Å². The fourth-order valence-electron chi connectivity index (χ4n) is 3.63. The van der Waals surface area contributed by atoms with Crippen molar-refractivity contribution >= 4 is 34.1 Å². The van der Waals surface area contributed by atoms with Gasteiger partial charge in [0.2, 0.25) is 0 Å². The fraction of sp³-hybridized carbons (Fsp3) is 0.0435. The summed E-state index contributed by atoms with van der Waals surface area (Å²) in [7, 11) is 0. The number of fused-ring (bicyclic) bond motifs is 2. The van der Waals surface area contributed by atoms with Crippen LogP contribution in [-0.2, 0) is 4.79 Å². The molecule has 1 fully saturated rings. The van der Waals surface area contributed by atoms with Crippen molar-refractivity contribution in [2.45, 2.75) is 6.92 Å². The van der Waals surface area contributed by atoms with E-state index in [0.717, 1.165) is 21.7 Å². The van der Waals surface area contributed by atoms with Crippen LogP contribution in [-0.4, -0.2) is 11.1 Å². The molecule has 0 saturated carbocycles. The van der Waals surface area contributed by atoms with Crippen molar-refractivity contribution in [3.8, 4) is 11.1 Å². The smallest absolute Gasteiger partial charge is 0.264 e. The lowest BCUT2D eigenvalue weighted by Crippen LogP contribution is -2.21. The molecule has 0 atom stereocenters. The van der Waals surface area contributed by atoms with Gasteiger partial charge in [0, 0.05) is 5.57 Å². The number of hydrogen-bond acceptors (Lipinski definition) is 3. The Morgan fingerprint density at radius 1 is 0.852 bits per heavy atom. The third-order valence-corrected chi connectivity index (χ3v) is 5.89. The number of amides is 1. The molecule has 3 aromatic rings. The van der Waals surface area contributed by atoms with Crippen molar-refractivity contribution in [2.75, 3.05) is 0 Å². The Bertz CT molecular complexity index is 1130. The van der Waals surface area contributed by atoms with Crippen molar-refractivity contribution < 1.29 is 4.79 Å². The van der Waals surface area contributed by atoms with Crippen LogP contribution in [0, 0.1) is 6.92 Å². The first-order valence-electron chi connectivity index (χ1n) is 8.79. The Kier molecular flexibility index (Phi) is 3.73. The highest BCUT2D eigenvalue weighted by Crippen LogP contribution is 2.50. The van der Waals surface area contributed by atoms with E-state index < -0.39 is 0 Å². The molecular weight excluding hydrogens is 352 g/mol. The van der Waals surface area contributed by atoms with Crippen LogP contribution in [0.25, 0.3) is 16.7 Å². The first-order chi connectivity index (χ1) is 13.2. The number of aryl methyl sites for hydroxylation is 1. The van der Waals surface area contributed by atoms with Gasteiger partial charge in [0.05, 0.1) is 10.6 Å². The monoisotopic (exact) mass is 368 g/mol. The largest absolute Gasteiger partial charge is 0.300 e. The third-order valence-electron chi connectivity index (χ3n) is 4.91. The summed E-state index contributed by atoms with van der Waals surface area (Å²) in [6.45, 7) is 2.12. The first kappa shape index (κ1) is 16.1. The Labute approximate surface area is 161 Å². The zero-order chi connectivity index (χ0) is 18.4. The molecule has 2 bridgehead atoms. The van der Waals surface area contributed by atoms with Gasteiger partial charge in [-0.1, -0.05) is 60.7 Å². The van der Waals surface area contributed by atoms with Gasteiger partial charge < -0.3 is 5.32 Å². The number of thioether (sulfide) groups is 1. The average molecular weight is 368 g/mol. The zero-order valence-electron chi connectivity index (χ0n) is 14.7. The van der Waals surface area contributed by atoms with E-state index in [0.29, 0.717) is 5.17 Å². The molecule has 0 radical (unpaired) electrons. The molecular formula is C23H16N2OS. The number of hydrogen-bond donors (Lipinski definition) is 1. The molecule has 0 spiro atoms. The average Bonchev–Trinajstić information content (AvgIpc) is 3.07. The van der Waals surface area contributed by atoms with Crippen molar-refractivity contribution in [3.05, 3.63) is 94.4 Å². The van der Waals surface area contributed by atoms with Crippen LogP contribution in [0.15, 0.2) is 82.7 Å². The summed E-state index contributed by atoms with van der Waals surface area (Å²) in [6.07, 6.45) is 0. The van der Waals surface area contributed by atoms with Crippen molar-refractivity contribution in [1.82, 2.24) is 5.32 Å². The molecule has 4 heteroatoms. The van der Waals surface area contributed by atoms with Gasteiger partial charge in [-0.05, 0) is 58.6 Å². The molecule has 1 amide bonds. The second kappa shape index (κ2) is 6.25. The Balaban J connectivity index is 1.57. The number of carbonyl (C=O) groups is 1. The predicted octanol–water partition coefficient (Wildman–Crippen LogP) is 5.29. The first-order valence-corrected chi connectivity index (χ1v) is 9.61. The molecule has 5 rings (SSSR count). The van der Waals surface area contributed by atoms with E-state index in [9.17, 15) is 4.79 Å². The minimum atomic E-state index is -0.0742. The van der Waals surface area contributed by atoms with Crippen LogP contribution in [0.4, 0.5) is 5.69 Å². The second-order valence-corrected chi connectivity index (χ2v) is 7.54. The molecule has 130 valence electrons. The summed E-state index contributed by atoms with van der Waals surface area (Å²) in [4.78, 5) is 17.9. The number of amidine groups is 1. The molecule has 3 aromatic carbocycles. The van der Waals surface area contributed by atoms with Crippen molar-refractivity contribution in [2.24, 2.45) is 4.99 Å². The second-order valence-electron chi connectivity index (χ2n) is 6.54. The maximum atomic E-state index is 12.7. The molecule has 1 aliphatic carbocycles. The minimum absolute atomic E-state index is 0.0742. The number of rotatable bonds is 2. The van der Waals surface area contributed by atoms with Crippen LogP contribution in [0.2, 0.25) is 0 Å². The molecule has 0 unspecified atom stereocenters. The minimum Gasteiger partial charge on any atom is -0.300 e. The van der Waals surface area contributed by atoms with E-state index in [-0.39, 0.29) is 5.91 Å². The molecule has 1 N–H and O–H groups in total. The normalized spacial score (nSPS) is 19.1. The van der Waals surface area contributed by atoms with Gasteiger partial charge in [0.25, 0.3) is 5.91 Å². The van der Waals surface area contributed by atoms with Gasteiger partial charge in [-0.25, -0.2) is 4.99 Å². The molecule has 1 heterocycles. The third kappa shape index (κ3) is 2.61.